The van der Waals surface area contributed by atoms with Gasteiger partial charge in [0.1, 0.15) is 5.82 Å². The summed E-state index contributed by atoms with van der Waals surface area (Å²) in [6.07, 6.45) is 1.90. The molecule has 3 rings (SSSR count). The molecular weight excluding hydrogens is 259 g/mol. The number of benzene rings is 1. The number of rotatable bonds is 3. The van der Waals surface area contributed by atoms with Crippen LogP contribution in [0.5, 0.6) is 0 Å². The lowest BCUT2D eigenvalue weighted by molar-refractivity contribution is 0.374. The van der Waals surface area contributed by atoms with E-state index in [0.29, 0.717) is 18.3 Å². The molecule has 0 bridgehead atoms. The Kier molecular flexibility index (Phi) is 3.40. The SMILES string of the molecule is Cc1cc(F)cc2c1N(Cc1noc(CN)n1)CCC2. The Morgan fingerprint density at radius 2 is 2.30 bits per heavy atom. The second-order valence-corrected chi connectivity index (χ2v) is 5.06. The topological polar surface area (TPSA) is 68.2 Å². The zero-order chi connectivity index (χ0) is 14.1. The third kappa shape index (κ3) is 2.38. The van der Waals surface area contributed by atoms with E-state index in [0.717, 1.165) is 36.2 Å². The van der Waals surface area contributed by atoms with Gasteiger partial charge in [-0.25, -0.2) is 4.39 Å². The van der Waals surface area contributed by atoms with E-state index in [4.69, 9.17) is 10.3 Å². The number of anilines is 1. The Balaban J connectivity index is 1.89. The summed E-state index contributed by atoms with van der Waals surface area (Å²) >= 11 is 0. The minimum atomic E-state index is -0.173. The van der Waals surface area contributed by atoms with Crippen molar-refractivity contribution >= 4 is 5.69 Å². The van der Waals surface area contributed by atoms with Crippen molar-refractivity contribution in [2.45, 2.75) is 32.9 Å². The molecule has 0 unspecified atom stereocenters. The Hall–Kier alpha value is -1.95. The molecule has 0 saturated heterocycles. The number of nitrogens with zero attached hydrogens (tertiary/aromatic N) is 3. The Morgan fingerprint density at radius 3 is 3.05 bits per heavy atom. The molecule has 20 heavy (non-hydrogen) atoms. The van der Waals surface area contributed by atoms with E-state index >= 15 is 0 Å². The molecule has 0 atom stereocenters. The van der Waals surface area contributed by atoms with Crippen molar-refractivity contribution in [2.75, 3.05) is 11.4 Å². The van der Waals surface area contributed by atoms with Crippen molar-refractivity contribution in [3.05, 3.63) is 40.8 Å². The van der Waals surface area contributed by atoms with Gasteiger partial charge in [-0.05, 0) is 43.0 Å². The van der Waals surface area contributed by atoms with Gasteiger partial charge in [0.25, 0.3) is 0 Å². The fraction of sp³-hybridized carbons (Fsp3) is 0.429. The van der Waals surface area contributed by atoms with Crippen molar-refractivity contribution in [3.63, 3.8) is 0 Å². The molecule has 1 aromatic heterocycles. The van der Waals surface area contributed by atoms with Gasteiger partial charge < -0.3 is 15.2 Å². The van der Waals surface area contributed by atoms with Crippen molar-refractivity contribution in [2.24, 2.45) is 5.73 Å². The quantitative estimate of drug-likeness (QED) is 0.927. The van der Waals surface area contributed by atoms with E-state index in [1.807, 2.05) is 6.92 Å². The van der Waals surface area contributed by atoms with Crippen LogP contribution in [0.2, 0.25) is 0 Å². The molecule has 0 radical (unpaired) electrons. The van der Waals surface area contributed by atoms with Crippen LogP contribution >= 0.6 is 0 Å². The molecular formula is C14H17FN4O. The number of fused-ring (bicyclic) bond motifs is 1. The molecule has 0 amide bonds. The highest BCUT2D eigenvalue weighted by molar-refractivity contribution is 5.61. The predicted octanol–water partition coefficient (Wildman–Crippen LogP) is 1.93. The monoisotopic (exact) mass is 276 g/mol. The van der Waals surface area contributed by atoms with E-state index in [1.54, 1.807) is 12.1 Å². The first kappa shape index (κ1) is 13.1. The van der Waals surface area contributed by atoms with E-state index < -0.39 is 0 Å². The maximum Gasteiger partial charge on any atom is 0.240 e. The van der Waals surface area contributed by atoms with Crippen LogP contribution in [-0.2, 0) is 19.5 Å². The van der Waals surface area contributed by atoms with E-state index in [9.17, 15) is 4.39 Å². The minimum absolute atomic E-state index is 0.173. The average Bonchev–Trinajstić information content (AvgIpc) is 2.86. The van der Waals surface area contributed by atoms with Crippen LogP contribution in [0.15, 0.2) is 16.7 Å². The largest absolute Gasteiger partial charge is 0.363 e. The normalized spacial score (nSPS) is 14.4. The van der Waals surface area contributed by atoms with Crippen molar-refractivity contribution in [1.29, 1.82) is 0 Å². The molecule has 0 aliphatic carbocycles. The molecule has 106 valence electrons. The molecule has 2 N–H and O–H groups in total. The fourth-order valence-corrected chi connectivity index (χ4v) is 2.79. The Labute approximate surface area is 116 Å². The van der Waals surface area contributed by atoms with Gasteiger partial charge in [-0.2, -0.15) is 4.98 Å². The summed E-state index contributed by atoms with van der Waals surface area (Å²) < 4.78 is 18.5. The smallest absolute Gasteiger partial charge is 0.240 e. The molecule has 2 aromatic rings. The molecule has 2 heterocycles. The summed E-state index contributed by atoms with van der Waals surface area (Å²) in [6.45, 7) is 3.64. The van der Waals surface area contributed by atoms with Gasteiger partial charge >= 0.3 is 0 Å². The van der Waals surface area contributed by atoms with Gasteiger partial charge in [-0.15, -0.1) is 0 Å². The van der Waals surface area contributed by atoms with E-state index in [-0.39, 0.29) is 12.4 Å². The van der Waals surface area contributed by atoms with Gasteiger partial charge in [0.2, 0.25) is 5.89 Å². The third-order valence-corrected chi connectivity index (χ3v) is 3.55. The molecule has 1 aliphatic heterocycles. The second-order valence-electron chi connectivity index (χ2n) is 5.06. The van der Waals surface area contributed by atoms with E-state index in [1.165, 1.54) is 0 Å². The first-order chi connectivity index (χ1) is 9.67. The van der Waals surface area contributed by atoms with Crippen LogP contribution in [0.1, 0.15) is 29.3 Å². The average molecular weight is 276 g/mol. The molecule has 6 heteroatoms. The maximum absolute atomic E-state index is 13.5. The number of aryl methyl sites for hydroxylation is 2. The predicted molar refractivity (Wildman–Crippen MR) is 72.7 cm³/mol. The maximum atomic E-state index is 13.5. The molecule has 0 saturated carbocycles. The van der Waals surface area contributed by atoms with Crippen LogP contribution in [-0.4, -0.2) is 16.7 Å². The highest BCUT2D eigenvalue weighted by Crippen LogP contribution is 2.32. The van der Waals surface area contributed by atoms with Gasteiger partial charge in [-0.1, -0.05) is 5.16 Å². The lowest BCUT2D eigenvalue weighted by atomic mass is 9.98. The number of nitrogens with two attached hydrogens (primary N) is 1. The van der Waals surface area contributed by atoms with Crippen LogP contribution in [0.25, 0.3) is 0 Å². The second kappa shape index (κ2) is 5.20. The summed E-state index contributed by atoms with van der Waals surface area (Å²) in [7, 11) is 0. The number of halogens is 1. The summed E-state index contributed by atoms with van der Waals surface area (Å²) in [5.74, 6) is 0.878. The lowest BCUT2D eigenvalue weighted by Gasteiger charge is -2.31. The highest BCUT2D eigenvalue weighted by atomic mass is 19.1. The van der Waals surface area contributed by atoms with Gasteiger partial charge in [0.15, 0.2) is 5.82 Å². The van der Waals surface area contributed by atoms with Crippen molar-refractivity contribution < 1.29 is 8.91 Å². The molecule has 1 aliphatic rings. The highest BCUT2D eigenvalue weighted by Gasteiger charge is 2.21. The number of hydrogen-bond donors (Lipinski definition) is 1. The van der Waals surface area contributed by atoms with Crippen LogP contribution < -0.4 is 10.6 Å². The zero-order valence-electron chi connectivity index (χ0n) is 11.4. The first-order valence-corrected chi connectivity index (χ1v) is 6.73. The van der Waals surface area contributed by atoms with Gasteiger partial charge in [0.05, 0.1) is 13.1 Å². The van der Waals surface area contributed by atoms with Gasteiger partial charge in [0, 0.05) is 12.2 Å². The van der Waals surface area contributed by atoms with Crippen molar-refractivity contribution in [3.8, 4) is 0 Å². The summed E-state index contributed by atoms with van der Waals surface area (Å²) in [4.78, 5) is 6.40. The number of hydrogen-bond acceptors (Lipinski definition) is 5. The molecule has 0 spiro atoms. The van der Waals surface area contributed by atoms with Crippen LogP contribution in [0.3, 0.4) is 0 Å². The van der Waals surface area contributed by atoms with Gasteiger partial charge in [-0.3, -0.25) is 0 Å². The summed E-state index contributed by atoms with van der Waals surface area (Å²) in [6, 6.07) is 3.19. The number of aromatic nitrogens is 2. The fourth-order valence-electron chi connectivity index (χ4n) is 2.79. The van der Waals surface area contributed by atoms with Crippen LogP contribution in [0, 0.1) is 12.7 Å². The Morgan fingerprint density at radius 1 is 1.45 bits per heavy atom. The molecule has 5 nitrogen and oxygen atoms in total. The van der Waals surface area contributed by atoms with E-state index in [2.05, 4.69) is 15.0 Å². The third-order valence-electron chi connectivity index (χ3n) is 3.55. The molecule has 0 fully saturated rings. The summed E-state index contributed by atoms with van der Waals surface area (Å²) in [5.41, 5.74) is 8.55. The van der Waals surface area contributed by atoms with Crippen molar-refractivity contribution in [1.82, 2.24) is 10.1 Å². The Bertz CT molecular complexity index is 626. The molecule has 1 aromatic carbocycles. The summed E-state index contributed by atoms with van der Waals surface area (Å²) in [5, 5.41) is 3.92. The first-order valence-electron chi connectivity index (χ1n) is 6.73. The lowest BCUT2D eigenvalue weighted by Crippen LogP contribution is -2.30. The minimum Gasteiger partial charge on any atom is -0.363 e. The zero-order valence-corrected chi connectivity index (χ0v) is 11.4. The standard InChI is InChI=1S/C14H17FN4O/c1-9-5-11(15)6-10-3-2-4-19(14(9)10)8-12-17-13(7-16)20-18-12/h5-6H,2-4,7-8,16H2,1H3. The van der Waals surface area contributed by atoms with Crippen LogP contribution in [0.4, 0.5) is 10.1 Å².